The number of hydrogen-bond acceptors (Lipinski definition) is 0. The highest BCUT2D eigenvalue weighted by Crippen LogP contribution is 2.66. The summed E-state index contributed by atoms with van der Waals surface area (Å²) in [5.41, 5.74) is -5.71. The molecule has 0 spiro atoms. The molecule has 0 heterocycles. The molecule has 0 saturated heterocycles. The summed E-state index contributed by atoms with van der Waals surface area (Å²) in [5.74, 6) is -3.37. The maximum Gasteiger partial charge on any atom is 0.412 e. The first-order valence-corrected chi connectivity index (χ1v) is 5.61. The predicted molar refractivity (Wildman–Crippen MR) is 51.1 cm³/mol. The molecule has 0 N–H and O–H groups in total. The van der Waals surface area contributed by atoms with Crippen molar-refractivity contribution in [2.24, 2.45) is 17.3 Å². The first kappa shape index (κ1) is 17.4. The van der Waals surface area contributed by atoms with Crippen LogP contribution in [0.5, 0.6) is 0 Å². The highest BCUT2D eigenvalue weighted by atomic mass is 19.4. The molecular weight excluding hydrogens is 303 g/mol. The third kappa shape index (κ3) is 2.47. The van der Waals surface area contributed by atoms with Gasteiger partial charge in [0.2, 0.25) is 0 Å². The second-order valence-electron chi connectivity index (χ2n) is 4.77. The topological polar surface area (TPSA) is 0 Å². The second-order valence-corrected chi connectivity index (χ2v) is 4.77. The number of alkyl halides is 9. The molecule has 1 fully saturated rings. The van der Waals surface area contributed by atoms with Gasteiger partial charge in [0.05, 0.1) is 0 Å². The van der Waals surface area contributed by atoms with Crippen molar-refractivity contribution in [3.05, 3.63) is 13.3 Å². The van der Waals surface area contributed by atoms with E-state index in [1.165, 1.54) is 0 Å². The van der Waals surface area contributed by atoms with Crippen LogP contribution in [0.4, 0.5) is 39.5 Å². The van der Waals surface area contributed by atoms with Crippen LogP contribution in [0.15, 0.2) is 0 Å². The third-order valence-corrected chi connectivity index (χ3v) is 3.65. The highest BCUT2D eigenvalue weighted by molar-refractivity contribution is 5.10. The summed E-state index contributed by atoms with van der Waals surface area (Å²) in [6.45, 7) is 3.31. The van der Waals surface area contributed by atoms with Gasteiger partial charge in [0.1, 0.15) is 0 Å². The molecule has 0 aliphatic heterocycles. The Morgan fingerprint density at radius 1 is 0.850 bits per heavy atom. The molecule has 0 bridgehead atoms. The molecule has 2 atom stereocenters. The molecule has 1 aliphatic rings. The zero-order valence-electron chi connectivity index (χ0n) is 9.96. The van der Waals surface area contributed by atoms with Gasteiger partial charge in [-0.1, -0.05) is 13.3 Å². The molecule has 1 aliphatic carbocycles. The van der Waals surface area contributed by atoms with E-state index in [0.717, 1.165) is 0 Å². The number of hydrogen-bond donors (Lipinski definition) is 0. The van der Waals surface area contributed by atoms with E-state index >= 15 is 0 Å². The maximum atomic E-state index is 12.8. The van der Waals surface area contributed by atoms with Crippen molar-refractivity contribution in [2.75, 3.05) is 0 Å². The van der Waals surface area contributed by atoms with E-state index in [9.17, 15) is 39.5 Å². The smallest absolute Gasteiger partial charge is 0.170 e. The van der Waals surface area contributed by atoms with Gasteiger partial charge in [0.15, 0.2) is 0 Å². The molecular formula is C11H11F9. The summed E-state index contributed by atoms with van der Waals surface area (Å²) in [6, 6.07) is 0. The molecule has 0 aromatic carbocycles. The van der Waals surface area contributed by atoms with Crippen molar-refractivity contribution in [1.29, 1.82) is 0 Å². The average Bonchev–Trinajstić information content (AvgIpc) is 2.59. The highest BCUT2D eigenvalue weighted by Gasteiger charge is 2.86. The molecule has 0 aromatic rings. The monoisotopic (exact) mass is 314 g/mol. The van der Waals surface area contributed by atoms with Gasteiger partial charge in [-0.3, -0.25) is 0 Å². The van der Waals surface area contributed by atoms with Crippen molar-refractivity contribution >= 4 is 0 Å². The van der Waals surface area contributed by atoms with Crippen molar-refractivity contribution in [3.63, 3.8) is 0 Å². The standard InChI is InChI=1S/C11H11F9/c1-2-6-3-4-7(5-6)8(9(12,13)14,10(15,16)17)11(18,19)20/h4,6-7H,1-3,5H2. The zero-order chi connectivity index (χ0) is 16.0. The molecule has 2 radical (unpaired) electrons. The van der Waals surface area contributed by atoms with Gasteiger partial charge < -0.3 is 0 Å². The molecule has 118 valence electrons. The summed E-state index contributed by atoms with van der Waals surface area (Å²) >= 11 is 0. The first-order valence-electron chi connectivity index (χ1n) is 5.61. The lowest BCUT2D eigenvalue weighted by molar-refractivity contribution is -0.439. The Kier molecular flexibility index (Phi) is 4.34. The first-order chi connectivity index (χ1) is 8.79. The van der Waals surface area contributed by atoms with E-state index in [-0.39, 0.29) is 12.8 Å². The molecule has 1 rings (SSSR count). The van der Waals surface area contributed by atoms with E-state index < -0.39 is 42.2 Å². The Morgan fingerprint density at radius 2 is 1.25 bits per heavy atom. The molecule has 9 heteroatoms. The lowest BCUT2D eigenvalue weighted by Gasteiger charge is -2.42. The summed E-state index contributed by atoms with van der Waals surface area (Å²) < 4.78 is 115. The van der Waals surface area contributed by atoms with Crippen molar-refractivity contribution in [2.45, 2.75) is 37.8 Å². The van der Waals surface area contributed by atoms with Crippen LogP contribution in [0.1, 0.15) is 19.3 Å². The third-order valence-electron chi connectivity index (χ3n) is 3.65. The minimum absolute atomic E-state index is 0.0172. The molecule has 0 amide bonds. The van der Waals surface area contributed by atoms with Crippen LogP contribution in [0.3, 0.4) is 0 Å². The lowest BCUT2D eigenvalue weighted by Crippen LogP contribution is -2.63. The molecule has 0 nitrogen and oxygen atoms in total. The molecule has 20 heavy (non-hydrogen) atoms. The molecule has 1 saturated carbocycles. The predicted octanol–water partition coefficient (Wildman–Crippen LogP) is 5.11. The fourth-order valence-corrected chi connectivity index (χ4v) is 2.61. The van der Waals surface area contributed by atoms with Crippen LogP contribution < -0.4 is 0 Å². The van der Waals surface area contributed by atoms with Crippen molar-refractivity contribution in [3.8, 4) is 0 Å². The summed E-state index contributed by atoms with van der Waals surface area (Å²) in [4.78, 5) is 0. The van der Waals surface area contributed by atoms with Crippen LogP contribution in [-0.4, -0.2) is 18.5 Å². The van der Waals surface area contributed by atoms with Gasteiger partial charge in [-0.2, -0.15) is 39.5 Å². The summed E-state index contributed by atoms with van der Waals surface area (Å²) in [5, 5.41) is 0. The minimum Gasteiger partial charge on any atom is -0.170 e. The normalized spacial score (nSPS) is 26.1. The van der Waals surface area contributed by atoms with Crippen LogP contribution in [0.25, 0.3) is 0 Å². The Bertz CT molecular complexity index is 299. The number of halogens is 9. The van der Waals surface area contributed by atoms with E-state index in [0.29, 0.717) is 6.42 Å². The van der Waals surface area contributed by atoms with E-state index in [2.05, 4.69) is 6.92 Å². The lowest BCUT2D eigenvalue weighted by atomic mass is 9.71. The Hall–Kier alpha value is -0.630. The molecule has 2 unspecified atom stereocenters. The zero-order valence-corrected chi connectivity index (χ0v) is 9.96. The maximum absolute atomic E-state index is 12.8. The van der Waals surface area contributed by atoms with Gasteiger partial charge in [0, 0.05) is 0 Å². The van der Waals surface area contributed by atoms with Crippen LogP contribution in [-0.2, 0) is 0 Å². The summed E-state index contributed by atoms with van der Waals surface area (Å²) in [7, 11) is 0. The van der Waals surface area contributed by atoms with Crippen molar-refractivity contribution < 1.29 is 39.5 Å². The quantitative estimate of drug-likeness (QED) is 0.621. The van der Waals surface area contributed by atoms with Crippen LogP contribution in [0.2, 0.25) is 0 Å². The van der Waals surface area contributed by atoms with Gasteiger partial charge in [-0.15, -0.1) is 0 Å². The second kappa shape index (κ2) is 4.98. The molecule has 0 aromatic heterocycles. The van der Waals surface area contributed by atoms with Crippen LogP contribution >= 0.6 is 0 Å². The van der Waals surface area contributed by atoms with E-state index in [1.807, 2.05) is 0 Å². The Labute approximate surface area is 109 Å². The summed E-state index contributed by atoms with van der Waals surface area (Å²) in [6.07, 6.45) is -20.0. The average molecular weight is 314 g/mol. The SMILES string of the molecule is [CH2]CC1C[CH]C(C(C(F)(F)F)(C(F)(F)F)C(F)(F)F)C1. The van der Waals surface area contributed by atoms with E-state index in [4.69, 9.17) is 0 Å². The van der Waals surface area contributed by atoms with Gasteiger partial charge in [0.25, 0.3) is 5.41 Å². The Morgan fingerprint density at radius 3 is 1.50 bits per heavy atom. The van der Waals surface area contributed by atoms with Crippen molar-refractivity contribution in [1.82, 2.24) is 0 Å². The van der Waals surface area contributed by atoms with Crippen LogP contribution in [0, 0.1) is 30.6 Å². The largest absolute Gasteiger partial charge is 0.412 e. The van der Waals surface area contributed by atoms with E-state index in [1.54, 1.807) is 0 Å². The van der Waals surface area contributed by atoms with Gasteiger partial charge in [-0.05, 0) is 31.1 Å². The Balaban J connectivity index is 3.41. The van der Waals surface area contributed by atoms with Gasteiger partial charge >= 0.3 is 18.5 Å². The fourth-order valence-electron chi connectivity index (χ4n) is 2.61. The van der Waals surface area contributed by atoms with Gasteiger partial charge in [-0.25, -0.2) is 0 Å². The fraction of sp³-hybridized carbons (Fsp3) is 0.818. The minimum atomic E-state index is -6.47. The number of rotatable bonds is 2.